The summed E-state index contributed by atoms with van der Waals surface area (Å²) in [4.78, 5) is 24.4. The molecule has 10 heteroatoms. The molecule has 1 aliphatic rings. The lowest BCUT2D eigenvalue weighted by atomic mass is 10.2. The van der Waals surface area contributed by atoms with E-state index >= 15 is 0 Å². The zero-order valence-corrected chi connectivity index (χ0v) is 18.7. The van der Waals surface area contributed by atoms with E-state index in [-0.39, 0.29) is 23.7 Å². The number of carbonyl (C=O) groups is 2. The van der Waals surface area contributed by atoms with E-state index in [0.717, 1.165) is 25.0 Å². The lowest BCUT2D eigenvalue weighted by Crippen LogP contribution is -2.42. The molecule has 32 heavy (non-hydrogen) atoms. The number of aromatic nitrogens is 3. The number of thioether (sulfide) groups is 1. The van der Waals surface area contributed by atoms with Crippen LogP contribution in [0.25, 0.3) is 11.4 Å². The molecule has 1 aliphatic heterocycles. The van der Waals surface area contributed by atoms with E-state index in [2.05, 4.69) is 21.0 Å². The number of hydrazine groups is 1. The molecule has 3 aromatic rings. The zero-order chi connectivity index (χ0) is 22.3. The number of carbonyl (C=O) groups excluding carboxylic acids is 2. The van der Waals surface area contributed by atoms with Gasteiger partial charge in [0.15, 0.2) is 11.0 Å². The number of amides is 2. The van der Waals surface area contributed by atoms with E-state index in [1.165, 1.54) is 11.8 Å². The van der Waals surface area contributed by atoms with Crippen molar-refractivity contribution in [2.24, 2.45) is 0 Å². The Bertz CT molecular complexity index is 1070. The Hall–Kier alpha value is -2.88. The van der Waals surface area contributed by atoms with Crippen molar-refractivity contribution in [2.75, 3.05) is 12.4 Å². The molecular formula is C22H22ClN5O3S. The summed E-state index contributed by atoms with van der Waals surface area (Å²) < 4.78 is 7.76. The van der Waals surface area contributed by atoms with Crippen LogP contribution in [0.15, 0.2) is 59.8 Å². The molecule has 166 valence electrons. The lowest BCUT2D eigenvalue weighted by molar-refractivity contribution is -0.119. The summed E-state index contributed by atoms with van der Waals surface area (Å²) >= 11 is 7.26. The van der Waals surface area contributed by atoms with E-state index in [1.54, 1.807) is 36.4 Å². The summed E-state index contributed by atoms with van der Waals surface area (Å²) in [6.45, 7) is 1.34. The maximum atomic E-state index is 12.3. The van der Waals surface area contributed by atoms with Gasteiger partial charge >= 0.3 is 0 Å². The molecule has 2 aromatic carbocycles. The average Bonchev–Trinajstić information content (AvgIpc) is 3.48. The zero-order valence-electron chi connectivity index (χ0n) is 17.2. The highest BCUT2D eigenvalue weighted by Crippen LogP contribution is 2.27. The van der Waals surface area contributed by atoms with Gasteiger partial charge in [-0.25, -0.2) is 0 Å². The van der Waals surface area contributed by atoms with Crippen molar-refractivity contribution in [3.63, 3.8) is 0 Å². The van der Waals surface area contributed by atoms with Crippen molar-refractivity contribution in [1.29, 1.82) is 0 Å². The Morgan fingerprint density at radius 1 is 1.09 bits per heavy atom. The van der Waals surface area contributed by atoms with Crippen LogP contribution < -0.4 is 10.9 Å². The van der Waals surface area contributed by atoms with Crippen LogP contribution in [0.5, 0.6) is 0 Å². The van der Waals surface area contributed by atoms with Crippen LogP contribution in [0.4, 0.5) is 0 Å². The van der Waals surface area contributed by atoms with Gasteiger partial charge in [0.05, 0.1) is 18.4 Å². The summed E-state index contributed by atoms with van der Waals surface area (Å²) in [5.41, 5.74) is 6.19. The van der Waals surface area contributed by atoms with E-state index in [9.17, 15) is 9.59 Å². The SMILES string of the molecule is O=C(CSc1nnc(-c2ccc(Cl)cc2)n1C[C@H]1CCCO1)NNC(=O)c1ccccc1. The molecule has 0 spiro atoms. The minimum atomic E-state index is -0.379. The first-order valence-electron chi connectivity index (χ1n) is 10.2. The number of benzene rings is 2. The monoisotopic (exact) mass is 471 g/mol. The predicted molar refractivity (Wildman–Crippen MR) is 122 cm³/mol. The largest absolute Gasteiger partial charge is 0.376 e. The molecule has 1 fully saturated rings. The van der Waals surface area contributed by atoms with Crippen molar-refractivity contribution in [3.05, 3.63) is 65.2 Å². The summed E-state index contributed by atoms with van der Waals surface area (Å²) in [7, 11) is 0. The van der Waals surface area contributed by atoms with Crippen molar-refractivity contribution in [3.8, 4) is 11.4 Å². The van der Waals surface area contributed by atoms with E-state index in [1.807, 2.05) is 22.8 Å². The topological polar surface area (TPSA) is 98.1 Å². The minimum Gasteiger partial charge on any atom is -0.376 e. The average molecular weight is 472 g/mol. The fourth-order valence-corrected chi connectivity index (χ4v) is 4.19. The molecule has 2 amide bonds. The van der Waals surface area contributed by atoms with Gasteiger partial charge in [0.2, 0.25) is 5.91 Å². The standard InChI is InChI=1S/C22H22ClN5O3S/c23-17-10-8-15(9-11-17)20-25-27-22(28(20)13-18-7-4-12-31-18)32-14-19(29)24-26-21(30)16-5-2-1-3-6-16/h1-3,5-6,8-11,18H,4,7,12-14H2,(H,24,29)(H,26,30)/t18-/m1/s1. The Morgan fingerprint density at radius 2 is 1.88 bits per heavy atom. The summed E-state index contributed by atoms with van der Waals surface area (Å²) in [6.07, 6.45) is 2.07. The van der Waals surface area contributed by atoms with Gasteiger partial charge < -0.3 is 4.74 Å². The Morgan fingerprint density at radius 3 is 2.59 bits per heavy atom. The molecule has 1 aromatic heterocycles. The smallest absolute Gasteiger partial charge is 0.269 e. The highest BCUT2D eigenvalue weighted by atomic mass is 35.5. The quantitative estimate of drug-likeness (QED) is 0.405. The van der Waals surface area contributed by atoms with Gasteiger partial charge in [-0.05, 0) is 49.2 Å². The molecule has 0 unspecified atom stereocenters. The number of rotatable bonds is 7. The number of halogens is 1. The molecular weight excluding hydrogens is 450 g/mol. The summed E-state index contributed by atoms with van der Waals surface area (Å²) in [6, 6.07) is 16.0. The minimum absolute atomic E-state index is 0.0688. The molecule has 0 saturated carbocycles. The Balaban J connectivity index is 1.41. The van der Waals surface area contributed by atoms with Crippen LogP contribution in [-0.2, 0) is 16.1 Å². The first kappa shape index (κ1) is 22.3. The molecule has 2 N–H and O–H groups in total. The van der Waals surface area contributed by atoms with Gasteiger partial charge in [-0.15, -0.1) is 10.2 Å². The number of hydrogen-bond acceptors (Lipinski definition) is 6. The molecule has 1 saturated heterocycles. The molecule has 0 aliphatic carbocycles. The first-order chi connectivity index (χ1) is 15.6. The second-order valence-corrected chi connectivity index (χ2v) is 8.59. The molecule has 8 nitrogen and oxygen atoms in total. The van der Waals surface area contributed by atoms with Gasteiger partial charge in [-0.2, -0.15) is 0 Å². The maximum Gasteiger partial charge on any atom is 0.269 e. The highest BCUT2D eigenvalue weighted by Gasteiger charge is 2.22. The summed E-state index contributed by atoms with van der Waals surface area (Å²) in [5.74, 6) is 0.0336. The van der Waals surface area contributed by atoms with Gasteiger partial charge in [0.1, 0.15) is 0 Å². The molecule has 0 radical (unpaired) electrons. The third kappa shape index (κ3) is 5.67. The molecule has 1 atom stereocenters. The van der Waals surface area contributed by atoms with Crippen LogP contribution >= 0.6 is 23.4 Å². The molecule has 2 heterocycles. The van der Waals surface area contributed by atoms with E-state index in [0.29, 0.717) is 28.1 Å². The number of nitrogens with one attached hydrogen (secondary N) is 2. The lowest BCUT2D eigenvalue weighted by Gasteiger charge is -2.15. The Kier molecular flexibility index (Phi) is 7.41. The number of ether oxygens (including phenoxy) is 1. The van der Waals surface area contributed by atoms with Gasteiger partial charge in [-0.3, -0.25) is 25.0 Å². The van der Waals surface area contributed by atoms with Crippen LogP contribution in [0.2, 0.25) is 5.02 Å². The predicted octanol–water partition coefficient (Wildman–Crippen LogP) is 3.33. The number of nitrogens with zero attached hydrogens (tertiary/aromatic N) is 3. The van der Waals surface area contributed by atoms with Gasteiger partial charge in [0, 0.05) is 22.8 Å². The third-order valence-electron chi connectivity index (χ3n) is 4.91. The van der Waals surface area contributed by atoms with E-state index in [4.69, 9.17) is 16.3 Å². The fraction of sp³-hybridized carbons (Fsp3) is 0.273. The summed E-state index contributed by atoms with van der Waals surface area (Å²) in [5, 5.41) is 9.88. The van der Waals surface area contributed by atoms with Crippen molar-refractivity contribution in [1.82, 2.24) is 25.6 Å². The second kappa shape index (κ2) is 10.6. The normalized spacial score (nSPS) is 15.5. The maximum absolute atomic E-state index is 12.3. The fourth-order valence-electron chi connectivity index (χ4n) is 3.32. The Labute approximate surface area is 194 Å². The van der Waals surface area contributed by atoms with Crippen LogP contribution in [0, 0.1) is 0 Å². The van der Waals surface area contributed by atoms with Crippen molar-refractivity contribution < 1.29 is 14.3 Å². The third-order valence-corrected chi connectivity index (χ3v) is 6.13. The van der Waals surface area contributed by atoms with Crippen LogP contribution in [-0.4, -0.2) is 45.0 Å². The number of hydrogen-bond donors (Lipinski definition) is 2. The van der Waals surface area contributed by atoms with Crippen LogP contribution in [0.1, 0.15) is 23.2 Å². The van der Waals surface area contributed by atoms with E-state index < -0.39 is 0 Å². The van der Waals surface area contributed by atoms with Crippen molar-refractivity contribution >= 4 is 35.2 Å². The van der Waals surface area contributed by atoms with Crippen molar-refractivity contribution in [2.45, 2.75) is 30.6 Å². The van der Waals surface area contributed by atoms with Crippen LogP contribution in [0.3, 0.4) is 0 Å². The van der Waals surface area contributed by atoms with Gasteiger partial charge in [-0.1, -0.05) is 41.6 Å². The highest BCUT2D eigenvalue weighted by molar-refractivity contribution is 7.99. The second-order valence-electron chi connectivity index (χ2n) is 7.22. The molecule has 0 bridgehead atoms. The molecule has 4 rings (SSSR count). The first-order valence-corrected chi connectivity index (χ1v) is 11.5. The van der Waals surface area contributed by atoms with Gasteiger partial charge in [0.25, 0.3) is 5.91 Å².